The summed E-state index contributed by atoms with van der Waals surface area (Å²) in [6.45, 7) is 1.09. The summed E-state index contributed by atoms with van der Waals surface area (Å²) in [5.41, 5.74) is 0.891. The van der Waals surface area contributed by atoms with Gasteiger partial charge in [0, 0.05) is 19.6 Å². The summed E-state index contributed by atoms with van der Waals surface area (Å²) in [5.74, 6) is -1.21. The number of hydrogen-bond acceptors (Lipinski definition) is 5. The Hall–Kier alpha value is -2.12. The van der Waals surface area contributed by atoms with Crippen LogP contribution in [-0.2, 0) is 16.1 Å². The normalized spacial score (nSPS) is 18.0. The van der Waals surface area contributed by atoms with E-state index >= 15 is 0 Å². The predicted molar refractivity (Wildman–Crippen MR) is 71.0 cm³/mol. The van der Waals surface area contributed by atoms with Crippen LogP contribution in [0.4, 0.5) is 4.79 Å². The first kappa shape index (κ1) is 15.9. The summed E-state index contributed by atoms with van der Waals surface area (Å²) in [4.78, 5) is 23.9. The average molecular weight is 281 g/mol. The molecule has 0 bridgehead atoms. The summed E-state index contributed by atoms with van der Waals surface area (Å²) < 4.78 is 5.14. The number of hydrogen-bond donors (Lipinski definition) is 2. The lowest BCUT2D eigenvalue weighted by molar-refractivity contribution is -0.309. The molecule has 5 N–H and O–H groups in total. The zero-order valence-corrected chi connectivity index (χ0v) is 11.4. The number of benzene rings is 1. The molecule has 20 heavy (non-hydrogen) atoms. The minimum Gasteiger partial charge on any atom is -0.548 e. The number of aliphatic carboxylic acids is 1. The molecule has 1 aromatic rings. The van der Waals surface area contributed by atoms with Crippen molar-refractivity contribution in [1.29, 1.82) is 0 Å². The van der Waals surface area contributed by atoms with Crippen molar-refractivity contribution in [3.63, 3.8) is 0 Å². The standard InChI is InChI=1S/C13H16N2O4.H3N/c16-12(17)11-8-15(7-6-14-11)13(18)19-9-10-4-2-1-3-5-10;/h1-5,11,14H,6-9H2,(H,16,17);1H3. The highest BCUT2D eigenvalue weighted by atomic mass is 16.6. The van der Waals surface area contributed by atoms with Crippen molar-refractivity contribution in [3.05, 3.63) is 35.9 Å². The average Bonchev–Trinajstić information content (AvgIpc) is 2.46. The highest BCUT2D eigenvalue weighted by Crippen LogP contribution is 2.05. The second kappa shape index (κ2) is 7.46. The van der Waals surface area contributed by atoms with Crippen LogP contribution in [0.1, 0.15) is 5.56 Å². The zero-order chi connectivity index (χ0) is 13.7. The molecule has 0 radical (unpaired) electrons. The number of quaternary nitrogens is 1. The molecule has 1 aromatic carbocycles. The maximum atomic E-state index is 11.8. The molecule has 1 aliphatic rings. The van der Waals surface area contributed by atoms with Crippen LogP contribution < -0.4 is 16.6 Å². The quantitative estimate of drug-likeness (QED) is 0.790. The molecular formula is C13H19N3O4. The van der Waals surface area contributed by atoms with Gasteiger partial charge >= 0.3 is 6.09 Å². The Morgan fingerprint density at radius 1 is 1.35 bits per heavy atom. The predicted octanol–water partition coefficient (Wildman–Crippen LogP) is -0.277. The number of amides is 1. The van der Waals surface area contributed by atoms with Crippen LogP contribution in [0.3, 0.4) is 0 Å². The number of carboxylic acid groups (broad SMARTS) is 1. The third-order valence-corrected chi connectivity index (χ3v) is 2.92. The van der Waals surface area contributed by atoms with E-state index in [0.29, 0.717) is 13.1 Å². The maximum absolute atomic E-state index is 11.8. The third kappa shape index (κ3) is 4.22. The number of nitrogens with zero attached hydrogens (tertiary/aromatic N) is 1. The lowest BCUT2D eigenvalue weighted by Gasteiger charge is -2.33. The second-order valence-corrected chi connectivity index (χ2v) is 4.31. The number of rotatable bonds is 3. The van der Waals surface area contributed by atoms with Crippen molar-refractivity contribution in [2.75, 3.05) is 19.6 Å². The van der Waals surface area contributed by atoms with Crippen LogP contribution in [0.15, 0.2) is 30.3 Å². The van der Waals surface area contributed by atoms with Crippen LogP contribution in [-0.4, -0.2) is 42.6 Å². The second-order valence-electron chi connectivity index (χ2n) is 4.31. The molecule has 0 aromatic heterocycles. The number of ether oxygens (including phenoxy) is 1. The Labute approximate surface area is 117 Å². The summed E-state index contributed by atoms with van der Waals surface area (Å²) in [7, 11) is 0. The van der Waals surface area contributed by atoms with E-state index < -0.39 is 18.1 Å². The molecule has 1 amide bonds. The summed E-state index contributed by atoms with van der Waals surface area (Å²) >= 11 is 0. The number of carboxylic acids is 1. The van der Waals surface area contributed by atoms with Crippen molar-refractivity contribution in [2.45, 2.75) is 12.6 Å². The van der Waals surface area contributed by atoms with Crippen LogP contribution in [0.5, 0.6) is 0 Å². The minimum absolute atomic E-state index is 0. The first-order chi connectivity index (χ1) is 9.16. The van der Waals surface area contributed by atoms with Crippen LogP contribution in [0.2, 0.25) is 0 Å². The van der Waals surface area contributed by atoms with E-state index in [0.717, 1.165) is 5.56 Å². The first-order valence-electron chi connectivity index (χ1n) is 6.06. The highest BCUT2D eigenvalue weighted by Gasteiger charge is 2.24. The summed E-state index contributed by atoms with van der Waals surface area (Å²) in [6, 6.07) is 8.48. The largest absolute Gasteiger partial charge is 0.548 e. The van der Waals surface area contributed by atoms with E-state index in [4.69, 9.17) is 4.74 Å². The lowest BCUT2D eigenvalue weighted by atomic mass is 10.2. The van der Waals surface area contributed by atoms with Gasteiger partial charge in [0.1, 0.15) is 6.61 Å². The minimum atomic E-state index is -1.21. The third-order valence-electron chi connectivity index (χ3n) is 2.92. The van der Waals surface area contributed by atoms with E-state index in [1.165, 1.54) is 4.90 Å². The molecule has 1 fully saturated rings. The van der Waals surface area contributed by atoms with Crippen molar-refractivity contribution in [1.82, 2.24) is 16.4 Å². The van der Waals surface area contributed by atoms with Gasteiger partial charge in [-0.1, -0.05) is 30.3 Å². The fourth-order valence-electron chi connectivity index (χ4n) is 1.88. The molecule has 1 unspecified atom stereocenters. The number of carbonyl (C=O) groups is 2. The number of carbonyl (C=O) groups excluding carboxylic acids is 2. The molecule has 0 aliphatic carbocycles. The fourth-order valence-corrected chi connectivity index (χ4v) is 1.88. The van der Waals surface area contributed by atoms with Gasteiger partial charge in [0.15, 0.2) is 0 Å². The van der Waals surface area contributed by atoms with Gasteiger partial charge in [-0.15, -0.1) is 0 Å². The number of piperazine rings is 1. The van der Waals surface area contributed by atoms with E-state index in [2.05, 4.69) is 5.32 Å². The molecule has 0 spiro atoms. The Morgan fingerprint density at radius 3 is 2.70 bits per heavy atom. The lowest BCUT2D eigenvalue weighted by Crippen LogP contribution is -2.59. The van der Waals surface area contributed by atoms with Crippen LogP contribution in [0.25, 0.3) is 0 Å². The van der Waals surface area contributed by atoms with Gasteiger partial charge in [0.25, 0.3) is 0 Å². The molecule has 110 valence electrons. The van der Waals surface area contributed by atoms with E-state index in [-0.39, 0.29) is 19.3 Å². The summed E-state index contributed by atoms with van der Waals surface area (Å²) in [5, 5.41) is 13.5. The van der Waals surface area contributed by atoms with Crippen LogP contribution >= 0.6 is 0 Å². The molecule has 1 aliphatic heterocycles. The van der Waals surface area contributed by atoms with Crippen LogP contribution in [0, 0.1) is 0 Å². The topological polar surface area (TPSA) is 118 Å². The van der Waals surface area contributed by atoms with Gasteiger partial charge in [-0.25, -0.2) is 4.79 Å². The Balaban J connectivity index is 0.00000200. The smallest absolute Gasteiger partial charge is 0.410 e. The van der Waals surface area contributed by atoms with E-state index in [1.807, 2.05) is 30.3 Å². The van der Waals surface area contributed by atoms with Gasteiger partial charge < -0.3 is 31.0 Å². The fraction of sp³-hybridized carbons (Fsp3) is 0.385. The Bertz CT molecular complexity index is 452. The van der Waals surface area contributed by atoms with E-state index in [9.17, 15) is 14.7 Å². The van der Waals surface area contributed by atoms with Gasteiger partial charge in [-0.3, -0.25) is 0 Å². The molecule has 2 rings (SSSR count). The van der Waals surface area contributed by atoms with Gasteiger partial charge in [0.05, 0.1) is 12.0 Å². The van der Waals surface area contributed by atoms with Crippen molar-refractivity contribution < 1.29 is 19.4 Å². The number of nitrogens with one attached hydrogen (secondary N) is 1. The van der Waals surface area contributed by atoms with Crippen molar-refractivity contribution in [2.24, 2.45) is 0 Å². The van der Waals surface area contributed by atoms with Gasteiger partial charge in [-0.2, -0.15) is 0 Å². The molecular weight excluding hydrogens is 262 g/mol. The Kier molecular flexibility index (Phi) is 5.95. The molecule has 7 heteroatoms. The van der Waals surface area contributed by atoms with E-state index in [1.54, 1.807) is 0 Å². The van der Waals surface area contributed by atoms with Gasteiger partial charge in [-0.05, 0) is 5.56 Å². The Morgan fingerprint density at radius 2 is 2.05 bits per heavy atom. The maximum Gasteiger partial charge on any atom is 0.410 e. The molecule has 1 atom stereocenters. The molecule has 1 saturated heterocycles. The molecule has 7 nitrogen and oxygen atoms in total. The SMILES string of the molecule is O=C([O-])C1CN(C(=O)OCc2ccccc2)CCN1.[NH4+]. The zero-order valence-electron chi connectivity index (χ0n) is 11.4. The first-order valence-corrected chi connectivity index (χ1v) is 6.06. The molecule has 1 heterocycles. The summed E-state index contributed by atoms with van der Waals surface area (Å²) in [6.07, 6.45) is -0.503. The van der Waals surface area contributed by atoms with Gasteiger partial charge in [0.2, 0.25) is 0 Å². The van der Waals surface area contributed by atoms with Crippen molar-refractivity contribution in [3.8, 4) is 0 Å². The monoisotopic (exact) mass is 281 g/mol. The molecule has 0 saturated carbocycles. The highest BCUT2D eigenvalue weighted by molar-refractivity contribution is 5.74. The van der Waals surface area contributed by atoms with Crippen molar-refractivity contribution >= 4 is 12.1 Å².